The van der Waals surface area contributed by atoms with Gasteiger partial charge in [-0.2, -0.15) is 5.10 Å². The summed E-state index contributed by atoms with van der Waals surface area (Å²) in [7, 11) is 1.52. The van der Waals surface area contributed by atoms with Crippen molar-refractivity contribution in [3.8, 4) is 22.9 Å². The highest BCUT2D eigenvalue weighted by molar-refractivity contribution is 5.95. The Labute approximate surface area is 248 Å². The van der Waals surface area contributed by atoms with Gasteiger partial charge in [0.1, 0.15) is 18.2 Å². The van der Waals surface area contributed by atoms with Gasteiger partial charge in [0.05, 0.1) is 38.4 Å². The molecule has 4 aromatic rings. The Morgan fingerprint density at radius 2 is 1.91 bits per heavy atom. The molecular weight excluding hydrogens is 554 g/mol. The van der Waals surface area contributed by atoms with Crippen molar-refractivity contribution < 1.29 is 28.4 Å². The number of methoxy groups -OCH3 is 1. The van der Waals surface area contributed by atoms with E-state index in [0.717, 1.165) is 5.56 Å². The van der Waals surface area contributed by atoms with E-state index in [1.165, 1.54) is 12.0 Å². The monoisotopic (exact) mass is 587 g/mol. The van der Waals surface area contributed by atoms with Crippen molar-refractivity contribution in [1.82, 2.24) is 35.5 Å². The molecule has 1 aliphatic heterocycles. The Morgan fingerprint density at radius 1 is 1.09 bits per heavy atom. The molecule has 2 aromatic carbocycles. The Bertz CT molecular complexity index is 1600. The largest absolute Gasteiger partial charge is 0.493 e. The van der Waals surface area contributed by atoms with Crippen molar-refractivity contribution in [2.24, 2.45) is 0 Å². The van der Waals surface area contributed by atoms with Crippen LogP contribution >= 0.6 is 0 Å². The van der Waals surface area contributed by atoms with Gasteiger partial charge in [0.25, 0.3) is 5.91 Å². The molecule has 2 N–H and O–H groups in total. The molecule has 0 saturated carbocycles. The average Bonchev–Trinajstić information content (AvgIpc) is 3.62. The lowest BCUT2D eigenvalue weighted by molar-refractivity contribution is -0.136. The summed E-state index contributed by atoms with van der Waals surface area (Å²) in [6.07, 6.45) is -0.0778. The van der Waals surface area contributed by atoms with Gasteiger partial charge in [0.2, 0.25) is 11.8 Å². The first-order valence-corrected chi connectivity index (χ1v) is 13.9. The number of rotatable bonds is 4. The Balaban J connectivity index is 1.45. The number of amides is 3. The maximum absolute atomic E-state index is 13.2. The lowest BCUT2D eigenvalue weighted by Crippen LogP contribution is -2.45. The molecule has 13 heteroatoms. The highest BCUT2D eigenvalue weighted by Crippen LogP contribution is 2.28. The van der Waals surface area contributed by atoms with Gasteiger partial charge in [-0.1, -0.05) is 35.5 Å². The van der Waals surface area contributed by atoms with Gasteiger partial charge in [0.15, 0.2) is 17.3 Å². The van der Waals surface area contributed by atoms with Gasteiger partial charge in [-0.3, -0.25) is 14.4 Å². The molecule has 2 aromatic heterocycles. The van der Waals surface area contributed by atoms with Crippen LogP contribution in [-0.4, -0.2) is 75.9 Å². The number of ether oxygens (including phenoxy) is 2. The van der Waals surface area contributed by atoms with E-state index in [1.54, 1.807) is 42.8 Å². The molecule has 2 bridgehead atoms. The molecule has 0 fully saturated rings. The van der Waals surface area contributed by atoms with Crippen LogP contribution in [0.2, 0.25) is 0 Å². The third-order valence-electron chi connectivity index (χ3n) is 6.84. The number of carbonyl (C=O) groups is 3. The highest BCUT2D eigenvalue weighted by Gasteiger charge is 2.24. The number of fused-ring (bicyclic) bond motifs is 3. The van der Waals surface area contributed by atoms with E-state index >= 15 is 0 Å². The second-order valence-electron chi connectivity index (χ2n) is 10.1. The number of aryl methyl sites for hydroxylation is 1. The predicted octanol–water partition coefficient (Wildman–Crippen LogP) is 2.32. The van der Waals surface area contributed by atoms with Gasteiger partial charge in [-0.05, 0) is 32.0 Å². The zero-order valence-corrected chi connectivity index (χ0v) is 24.2. The van der Waals surface area contributed by atoms with Crippen LogP contribution in [0, 0.1) is 6.92 Å². The molecule has 3 heterocycles. The molecule has 5 rings (SSSR count). The minimum atomic E-state index is -0.542. The quantitative estimate of drug-likeness (QED) is 0.366. The third kappa shape index (κ3) is 7.18. The summed E-state index contributed by atoms with van der Waals surface area (Å²) in [5, 5.41) is 14.3. The average molecular weight is 588 g/mol. The SMILES string of the molecule is COc1ccc2cc1OCCn1nc(-c3ccccc3)nc1[C@@H](C)NC(=O)CN(C(=O)Cc1cc(C)no1)CCNC2=O. The van der Waals surface area contributed by atoms with Crippen LogP contribution < -0.4 is 20.1 Å². The first-order valence-electron chi connectivity index (χ1n) is 13.9. The van der Waals surface area contributed by atoms with Crippen LogP contribution in [0.5, 0.6) is 11.5 Å². The number of hydrogen-bond donors (Lipinski definition) is 2. The lowest BCUT2D eigenvalue weighted by Gasteiger charge is -2.23. The van der Waals surface area contributed by atoms with E-state index in [0.29, 0.717) is 46.7 Å². The third-order valence-corrected chi connectivity index (χ3v) is 6.84. The van der Waals surface area contributed by atoms with Crippen LogP contribution in [-0.2, 0) is 22.6 Å². The Morgan fingerprint density at radius 3 is 2.65 bits per heavy atom. The predicted molar refractivity (Wildman–Crippen MR) is 154 cm³/mol. The summed E-state index contributed by atoms with van der Waals surface area (Å²) in [6.45, 7) is 4.02. The summed E-state index contributed by atoms with van der Waals surface area (Å²) >= 11 is 0. The number of carbonyl (C=O) groups excluding carboxylic acids is 3. The molecule has 0 saturated heterocycles. The summed E-state index contributed by atoms with van der Waals surface area (Å²) in [5.41, 5.74) is 1.82. The molecule has 43 heavy (non-hydrogen) atoms. The first kappa shape index (κ1) is 29.3. The van der Waals surface area contributed by atoms with E-state index in [-0.39, 0.29) is 44.5 Å². The fraction of sp³-hybridized carbons (Fsp3) is 0.333. The Hall–Kier alpha value is -5.20. The van der Waals surface area contributed by atoms with Crippen LogP contribution in [0.25, 0.3) is 11.4 Å². The van der Waals surface area contributed by atoms with Gasteiger partial charge in [0, 0.05) is 30.3 Å². The van der Waals surface area contributed by atoms with Crippen molar-refractivity contribution >= 4 is 17.7 Å². The summed E-state index contributed by atoms with van der Waals surface area (Å²) in [6, 6.07) is 15.5. The fourth-order valence-electron chi connectivity index (χ4n) is 4.71. The zero-order valence-electron chi connectivity index (χ0n) is 24.2. The summed E-state index contributed by atoms with van der Waals surface area (Å²) < 4.78 is 18.4. The second kappa shape index (κ2) is 13.2. The van der Waals surface area contributed by atoms with Crippen molar-refractivity contribution in [3.05, 3.63) is 77.4 Å². The van der Waals surface area contributed by atoms with E-state index in [2.05, 4.69) is 15.8 Å². The molecule has 13 nitrogen and oxygen atoms in total. The molecule has 0 spiro atoms. The number of benzene rings is 2. The summed E-state index contributed by atoms with van der Waals surface area (Å²) in [5.74, 6) is 1.17. The van der Waals surface area contributed by atoms with E-state index in [1.807, 2.05) is 30.3 Å². The lowest BCUT2D eigenvalue weighted by atomic mass is 10.2. The highest BCUT2D eigenvalue weighted by atomic mass is 16.5. The maximum Gasteiger partial charge on any atom is 0.251 e. The van der Waals surface area contributed by atoms with E-state index in [4.69, 9.17) is 24.1 Å². The second-order valence-corrected chi connectivity index (χ2v) is 10.1. The smallest absolute Gasteiger partial charge is 0.251 e. The van der Waals surface area contributed by atoms with Gasteiger partial charge < -0.3 is 29.5 Å². The van der Waals surface area contributed by atoms with E-state index < -0.39 is 11.9 Å². The molecule has 3 amide bonds. The van der Waals surface area contributed by atoms with Crippen molar-refractivity contribution in [2.45, 2.75) is 32.9 Å². The maximum atomic E-state index is 13.2. The topological polar surface area (TPSA) is 154 Å². The van der Waals surface area contributed by atoms with Gasteiger partial charge in [-0.25, -0.2) is 9.67 Å². The first-order chi connectivity index (χ1) is 20.8. The molecule has 0 unspecified atom stereocenters. The number of aromatic nitrogens is 4. The molecule has 224 valence electrons. The van der Waals surface area contributed by atoms with Crippen molar-refractivity contribution in [3.63, 3.8) is 0 Å². The molecular formula is C30H33N7O6. The van der Waals surface area contributed by atoms with Crippen molar-refractivity contribution in [2.75, 3.05) is 33.4 Å². The zero-order chi connectivity index (χ0) is 30.3. The van der Waals surface area contributed by atoms with E-state index in [9.17, 15) is 14.4 Å². The van der Waals surface area contributed by atoms with Crippen LogP contribution in [0.4, 0.5) is 0 Å². The number of hydrogen-bond acceptors (Lipinski definition) is 9. The molecule has 1 aliphatic rings. The molecule has 0 radical (unpaired) electrons. The fourth-order valence-corrected chi connectivity index (χ4v) is 4.71. The number of nitrogens with one attached hydrogen (secondary N) is 2. The Kier molecular flexibility index (Phi) is 8.99. The summed E-state index contributed by atoms with van der Waals surface area (Å²) in [4.78, 5) is 45.5. The number of nitrogens with zero attached hydrogens (tertiary/aromatic N) is 5. The minimum Gasteiger partial charge on any atom is -0.493 e. The minimum absolute atomic E-state index is 0.0778. The molecule has 1 atom stereocenters. The molecule has 0 aliphatic carbocycles. The van der Waals surface area contributed by atoms with Crippen LogP contribution in [0.15, 0.2) is 59.1 Å². The standard InChI is InChI=1S/C30H33N7O6/c1-19-15-23(43-35-19)17-27(39)36-12-11-31-30(40)22-9-10-24(41-3)25(16-22)42-14-13-37-29(20(2)32-26(38)18-36)33-28(34-37)21-7-5-4-6-8-21/h4-10,15-16,20H,11-14,17-18H2,1-3H3,(H,31,40)(H,32,38)/t20-/m1/s1. The normalized spacial score (nSPS) is 16.3. The van der Waals surface area contributed by atoms with Gasteiger partial charge >= 0.3 is 0 Å². The van der Waals surface area contributed by atoms with Gasteiger partial charge in [-0.15, -0.1) is 0 Å². The van der Waals surface area contributed by atoms with Crippen LogP contribution in [0.1, 0.15) is 40.6 Å². The van der Waals surface area contributed by atoms with Crippen molar-refractivity contribution in [1.29, 1.82) is 0 Å². The van der Waals surface area contributed by atoms with Crippen LogP contribution in [0.3, 0.4) is 0 Å².